The van der Waals surface area contributed by atoms with Crippen LogP contribution in [0.2, 0.25) is 0 Å². The van der Waals surface area contributed by atoms with Gasteiger partial charge in [0.15, 0.2) is 0 Å². The van der Waals surface area contributed by atoms with Gasteiger partial charge in [-0.05, 0) is 13.3 Å². The quantitative estimate of drug-likeness (QED) is 0.552. The Balaban J connectivity index is 3.14. The van der Waals surface area contributed by atoms with Crippen LogP contribution in [0.25, 0.3) is 0 Å². The van der Waals surface area contributed by atoms with Gasteiger partial charge in [0, 0.05) is 13.2 Å². The van der Waals surface area contributed by atoms with Crippen LogP contribution in [-0.4, -0.2) is 36.9 Å². The normalized spacial score (nSPS) is 12.8. The van der Waals surface area contributed by atoms with Gasteiger partial charge in [-0.2, -0.15) is 0 Å². The van der Waals surface area contributed by atoms with Crippen molar-refractivity contribution in [3.8, 4) is 0 Å². The average Bonchev–Trinajstić information content (AvgIpc) is 2.03. The summed E-state index contributed by atoms with van der Waals surface area (Å²) in [5.41, 5.74) is 0. The first kappa shape index (κ1) is 11.4. The summed E-state index contributed by atoms with van der Waals surface area (Å²) in [5.74, 6) is -0.828. The minimum absolute atomic E-state index is 0.491. The van der Waals surface area contributed by atoms with Crippen molar-refractivity contribution < 1.29 is 14.6 Å². The summed E-state index contributed by atoms with van der Waals surface area (Å²) in [4.78, 5) is 10.3. The number of ether oxygens (including phenoxy) is 1. The van der Waals surface area contributed by atoms with E-state index in [4.69, 9.17) is 9.84 Å². The Labute approximate surface area is 72.9 Å². The number of rotatable bonds is 7. The standard InChI is InChI=1S/C8H17NO3/c1-3-5-12-6-4-9-7(2)8(10)11/h7,9H,3-6H2,1-2H3,(H,10,11)/t7-/m1/s1. The highest BCUT2D eigenvalue weighted by molar-refractivity contribution is 5.72. The van der Waals surface area contributed by atoms with Crippen LogP contribution in [0.4, 0.5) is 0 Å². The van der Waals surface area contributed by atoms with Gasteiger partial charge in [0.05, 0.1) is 6.61 Å². The van der Waals surface area contributed by atoms with Crippen molar-refractivity contribution >= 4 is 5.97 Å². The Hall–Kier alpha value is -0.610. The molecule has 2 N–H and O–H groups in total. The molecule has 0 radical (unpaired) electrons. The molecule has 0 aromatic heterocycles. The molecule has 0 heterocycles. The fourth-order valence-electron chi connectivity index (χ4n) is 0.681. The molecule has 12 heavy (non-hydrogen) atoms. The fourth-order valence-corrected chi connectivity index (χ4v) is 0.681. The molecule has 0 aromatic rings. The van der Waals surface area contributed by atoms with Crippen LogP contribution in [0.3, 0.4) is 0 Å². The van der Waals surface area contributed by atoms with E-state index in [1.165, 1.54) is 0 Å². The molecular weight excluding hydrogens is 158 g/mol. The van der Waals surface area contributed by atoms with Crippen molar-refractivity contribution in [2.75, 3.05) is 19.8 Å². The lowest BCUT2D eigenvalue weighted by atomic mass is 10.3. The number of carbonyl (C=O) groups is 1. The SMILES string of the molecule is CCCOCCN[C@H](C)C(=O)O. The predicted octanol–water partition coefficient (Wildman–Crippen LogP) is 0.476. The van der Waals surface area contributed by atoms with Crippen LogP contribution < -0.4 is 5.32 Å². The number of hydrogen-bond donors (Lipinski definition) is 2. The maximum atomic E-state index is 10.3. The van der Waals surface area contributed by atoms with Gasteiger partial charge in [0.1, 0.15) is 6.04 Å². The Morgan fingerprint density at radius 1 is 1.58 bits per heavy atom. The van der Waals surface area contributed by atoms with Gasteiger partial charge in [-0.25, -0.2) is 0 Å². The van der Waals surface area contributed by atoms with Crippen molar-refractivity contribution in [2.45, 2.75) is 26.3 Å². The number of hydrogen-bond acceptors (Lipinski definition) is 3. The van der Waals surface area contributed by atoms with Crippen molar-refractivity contribution in [1.82, 2.24) is 5.32 Å². The third-order valence-corrected chi connectivity index (χ3v) is 1.42. The molecule has 0 amide bonds. The minimum atomic E-state index is -0.828. The number of nitrogens with one attached hydrogen (secondary N) is 1. The highest BCUT2D eigenvalue weighted by Gasteiger charge is 2.07. The van der Waals surface area contributed by atoms with Crippen molar-refractivity contribution in [3.63, 3.8) is 0 Å². The molecule has 0 fully saturated rings. The molecular formula is C8H17NO3. The summed E-state index contributed by atoms with van der Waals surface area (Å²) < 4.78 is 5.16. The van der Waals surface area contributed by atoms with E-state index in [0.717, 1.165) is 13.0 Å². The monoisotopic (exact) mass is 175 g/mol. The van der Waals surface area contributed by atoms with E-state index in [1.807, 2.05) is 6.92 Å². The molecule has 0 spiro atoms. The van der Waals surface area contributed by atoms with E-state index in [2.05, 4.69) is 5.32 Å². The summed E-state index contributed by atoms with van der Waals surface area (Å²) >= 11 is 0. The molecule has 0 saturated carbocycles. The van der Waals surface area contributed by atoms with Crippen LogP contribution in [-0.2, 0) is 9.53 Å². The van der Waals surface area contributed by atoms with Crippen LogP contribution in [0.15, 0.2) is 0 Å². The number of aliphatic carboxylic acids is 1. The van der Waals surface area contributed by atoms with Gasteiger partial charge in [-0.3, -0.25) is 4.79 Å². The zero-order valence-corrected chi connectivity index (χ0v) is 7.67. The maximum absolute atomic E-state index is 10.3. The second-order valence-electron chi connectivity index (χ2n) is 2.63. The van der Waals surface area contributed by atoms with Gasteiger partial charge in [0.2, 0.25) is 0 Å². The first-order valence-electron chi connectivity index (χ1n) is 4.22. The topological polar surface area (TPSA) is 58.6 Å². The second-order valence-corrected chi connectivity index (χ2v) is 2.63. The molecule has 72 valence electrons. The van der Waals surface area contributed by atoms with Gasteiger partial charge in [0.25, 0.3) is 0 Å². The molecule has 0 aliphatic heterocycles. The summed E-state index contributed by atoms with van der Waals surface area (Å²) in [7, 11) is 0. The maximum Gasteiger partial charge on any atom is 0.320 e. The van der Waals surface area contributed by atoms with Crippen LogP contribution in [0.5, 0.6) is 0 Å². The van der Waals surface area contributed by atoms with Crippen LogP contribution in [0.1, 0.15) is 20.3 Å². The van der Waals surface area contributed by atoms with E-state index in [-0.39, 0.29) is 0 Å². The molecule has 0 unspecified atom stereocenters. The lowest BCUT2D eigenvalue weighted by molar-refractivity contribution is -0.139. The number of carboxylic acids is 1. The summed E-state index contributed by atoms with van der Waals surface area (Å²) in [6, 6.07) is -0.491. The fraction of sp³-hybridized carbons (Fsp3) is 0.875. The van der Waals surface area contributed by atoms with Gasteiger partial charge in [-0.1, -0.05) is 6.92 Å². The Kier molecular flexibility index (Phi) is 6.70. The smallest absolute Gasteiger partial charge is 0.320 e. The Bertz CT molecular complexity index is 127. The first-order valence-corrected chi connectivity index (χ1v) is 4.22. The molecule has 4 heteroatoms. The van der Waals surface area contributed by atoms with Crippen LogP contribution >= 0.6 is 0 Å². The highest BCUT2D eigenvalue weighted by atomic mass is 16.5. The summed E-state index contributed by atoms with van der Waals surface area (Å²) in [6.45, 7) is 5.55. The summed E-state index contributed by atoms with van der Waals surface area (Å²) in [6.07, 6.45) is 0.995. The van der Waals surface area contributed by atoms with Gasteiger partial charge in [-0.15, -0.1) is 0 Å². The third-order valence-electron chi connectivity index (χ3n) is 1.42. The summed E-state index contributed by atoms with van der Waals surface area (Å²) in [5, 5.41) is 11.3. The molecule has 0 aromatic carbocycles. The first-order chi connectivity index (χ1) is 5.68. The average molecular weight is 175 g/mol. The lowest BCUT2D eigenvalue weighted by Gasteiger charge is -2.08. The molecule has 0 bridgehead atoms. The van der Waals surface area contributed by atoms with Gasteiger partial charge < -0.3 is 15.2 Å². The molecule has 1 atom stereocenters. The molecule has 0 saturated heterocycles. The molecule has 0 aliphatic rings. The van der Waals surface area contributed by atoms with E-state index in [9.17, 15) is 4.79 Å². The molecule has 0 aliphatic carbocycles. The molecule has 0 rings (SSSR count). The van der Waals surface area contributed by atoms with Gasteiger partial charge >= 0.3 is 5.97 Å². The number of carboxylic acid groups (broad SMARTS) is 1. The minimum Gasteiger partial charge on any atom is -0.480 e. The van der Waals surface area contributed by atoms with E-state index in [0.29, 0.717) is 13.2 Å². The zero-order chi connectivity index (χ0) is 9.40. The van der Waals surface area contributed by atoms with E-state index in [1.54, 1.807) is 6.92 Å². The Morgan fingerprint density at radius 3 is 2.75 bits per heavy atom. The van der Waals surface area contributed by atoms with Crippen molar-refractivity contribution in [1.29, 1.82) is 0 Å². The van der Waals surface area contributed by atoms with Crippen LogP contribution in [0, 0.1) is 0 Å². The Morgan fingerprint density at radius 2 is 2.25 bits per heavy atom. The highest BCUT2D eigenvalue weighted by Crippen LogP contribution is 1.82. The lowest BCUT2D eigenvalue weighted by Crippen LogP contribution is -2.35. The van der Waals surface area contributed by atoms with Crippen molar-refractivity contribution in [2.24, 2.45) is 0 Å². The van der Waals surface area contributed by atoms with Crippen molar-refractivity contribution in [3.05, 3.63) is 0 Å². The third kappa shape index (κ3) is 6.12. The second kappa shape index (κ2) is 7.06. The largest absolute Gasteiger partial charge is 0.480 e. The predicted molar refractivity (Wildman–Crippen MR) is 46.2 cm³/mol. The zero-order valence-electron chi connectivity index (χ0n) is 7.67. The molecule has 4 nitrogen and oxygen atoms in total. The van der Waals surface area contributed by atoms with E-state index >= 15 is 0 Å². The van der Waals surface area contributed by atoms with E-state index < -0.39 is 12.0 Å².